The lowest BCUT2D eigenvalue weighted by atomic mass is 10.0. The molecule has 3 aliphatic heterocycles. The number of rotatable bonds is 8. The zero-order chi connectivity index (χ0) is 26.9. The summed E-state index contributed by atoms with van der Waals surface area (Å²) in [6.07, 6.45) is 9.16. The first kappa shape index (κ1) is 25.3. The molecule has 0 saturated heterocycles. The SMILES string of the molecule is CN1c2ccc(CNCCCNCC3=NC4C(C=C3)N(C)c3ncccc3N4C)nc2N(C)c2cccnc21. The number of aliphatic imine (C=N–C) groups is 1. The number of aromatic nitrogens is 3. The lowest BCUT2D eigenvalue weighted by Gasteiger charge is -2.45. The van der Waals surface area contributed by atoms with E-state index < -0.39 is 0 Å². The molecule has 0 aromatic carbocycles. The highest BCUT2D eigenvalue weighted by Gasteiger charge is 2.36. The summed E-state index contributed by atoms with van der Waals surface area (Å²) in [5.41, 5.74) is 5.36. The molecule has 0 saturated carbocycles. The molecule has 2 N–H and O–H groups in total. The van der Waals surface area contributed by atoms with Crippen LogP contribution in [-0.4, -0.2) is 80.7 Å². The highest BCUT2D eigenvalue weighted by molar-refractivity contribution is 5.98. The zero-order valence-electron chi connectivity index (χ0n) is 23.0. The second-order valence-corrected chi connectivity index (χ2v) is 10.3. The topological polar surface area (TPSA) is 88.0 Å². The van der Waals surface area contributed by atoms with Crippen molar-refractivity contribution in [2.45, 2.75) is 25.2 Å². The highest BCUT2D eigenvalue weighted by atomic mass is 15.4. The molecule has 3 aliphatic rings. The Morgan fingerprint density at radius 3 is 2.26 bits per heavy atom. The van der Waals surface area contributed by atoms with Crippen LogP contribution in [0.3, 0.4) is 0 Å². The minimum atomic E-state index is 0.0582. The van der Waals surface area contributed by atoms with Crippen molar-refractivity contribution in [1.29, 1.82) is 0 Å². The van der Waals surface area contributed by atoms with Gasteiger partial charge in [-0.3, -0.25) is 4.99 Å². The Balaban J connectivity index is 0.963. The van der Waals surface area contributed by atoms with Crippen molar-refractivity contribution in [2.24, 2.45) is 4.99 Å². The smallest absolute Gasteiger partial charge is 0.157 e. The minimum Gasteiger partial charge on any atom is -0.348 e. The summed E-state index contributed by atoms with van der Waals surface area (Å²) in [6.45, 7) is 3.34. The fraction of sp³-hybridized carbons (Fsp3) is 0.379. The van der Waals surface area contributed by atoms with E-state index >= 15 is 0 Å². The first-order chi connectivity index (χ1) is 19.0. The van der Waals surface area contributed by atoms with Gasteiger partial charge in [-0.15, -0.1) is 0 Å². The normalized spacial score (nSPS) is 19.3. The highest BCUT2D eigenvalue weighted by Crippen LogP contribution is 2.43. The van der Waals surface area contributed by atoms with Crippen LogP contribution in [0.25, 0.3) is 0 Å². The molecule has 0 aliphatic carbocycles. The van der Waals surface area contributed by atoms with Crippen LogP contribution in [0, 0.1) is 0 Å². The number of nitrogens with zero attached hydrogens (tertiary/aromatic N) is 8. The third kappa shape index (κ3) is 4.70. The van der Waals surface area contributed by atoms with E-state index in [0.717, 1.165) is 78.5 Å². The molecule has 202 valence electrons. The molecular formula is C29H36N10. The van der Waals surface area contributed by atoms with Crippen LogP contribution >= 0.6 is 0 Å². The Morgan fingerprint density at radius 2 is 1.44 bits per heavy atom. The predicted molar refractivity (Wildman–Crippen MR) is 159 cm³/mol. The van der Waals surface area contributed by atoms with Crippen LogP contribution < -0.4 is 30.2 Å². The summed E-state index contributed by atoms with van der Waals surface area (Å²) in [5.74, 6) is 2.91. The van der Waals surface area contributed by atoms with E-state index in [-0.39, 0.29) is 12.2 Å². The monoisotopic (exact) mass is 524 g/mol. The largest absolute Gasteiger partial charge is 0.348 e. The predicted octanol–water partition coefficient (Wildman–Crippen LogP) is 3.08. The third-order valence-electron chi connectivity index (χ3n) is 7.77. The van der Waals surface area contributed by atoms with Gasteiger partial charge in [-0.25, -0.2) is 15.0 Å². The fourth-order valence-electron chi connectivity index (χ4n) is 5.56. The van der Waals surface area contributed by atoms with Gasteiger partial charge in [-0.05, 0) is 62.0 Å². The minimum absolute atomic E-state index is 0.0582. The van der Waals surface area contributed by atoms with Gasteiger partial charge in [0.25, 0.3) is 0 Å². The summed E-state index contributed by atoms with van der Waals surface area (Å²) in [5, 5.41) is 7.10. The van der Waals surface area contributed by atoms with Crippen LogP contribution in [0.2, 0.25) is 0 Å². The van der Waals surface area contributed by atoms with Crippen molar-refractivity contribution < 1.29 is 0 Å². The van der Waals surface area contributed by atoms with E-state index in [9.17, 15) is 0 Å². The molecule has 3 aromatic rings. The third-order valence-corrected chi connectivity index (χ3v) is 7.77. The lowest BCUT2D eigenvalue weighted by Crippen LogP contribution is -2.54. The first-order valence-electron chi connectivity index (χ1n) is 13.5. The van der Waals surface area contributed by atoms with Gasteiger partial charge in [0.1, 0.15) is 6.17 Å². The Bertz CT molecular complexity index is 1400. The maximum absolute atomic E-state index is 5.06. The summed E-state index contributed by atoms with van der Waals surface area (Å²) < 4.78 is 0. The van der Waals surface area contributed by atoms with Crippen molar-refractivity contribution >= 4 is 40.2 Å². The van der Waals surface area contributed by atoms with Crippen LogP contribution in [0.1, 0.15) is 12.1 Å². The maximum Gasteiger partial charge on any atom is 0.157 e. The standard InChI is InChI=1S/C29H36N10/c1-36-24-12-10-20(34-28(24)38(3)22-8-5-16-32-26(22)36)18-30-14-7-15-31-19-21-11-13-25-29(35-21)39(4)23-9-6-17-33-27(23)37(25)2/h5-6,8-13,16-17,24,28,30-31H,7,14-15,18-19H2,1-4H3. The van der Waals surface area contributed by atoms with Gasteiger partial charge >= 0.3 is 0 Å². The van der Waals surface area contributed by atoms with Crippen molar-refractivity contribution in [3.63, 3.8) is 0 Å². The average Bonchev–Trinajstić information content (AvgIpc) is 2.98. The first-order valence-corrected chi connectivity index (χ1v) is 13.5. The molecule has 2 atom stereocenters. The second kappa shape index (κ2) is 10.6. The summed E-state index contributed by atoms with van der Waals surface area (Å²) >= 11 is 0. The molecule has 39 heavy (non-hydrogen) atoms. The Labute approximate surface area is 230 Å². The molecule has 0 bridgehead atoms. The van der Waals surface area contributed by atoms with Crippen LogP contribution in [0.4, 0.5) is 34.5 Å². The quantitative estimate of drug-likeness (QED) is 0.432. The number of fused-ring (bicyclic) bond motifs is 4. The molecule has 6 heterocycles. The van der Waals surface area contributed by atoms with Crippen molar-refractivity contribution in [2.75, 3.05) is 67.4 Å². The summed E-state index contributed by atoms with van der Waals surface area (Å²) in [4.78, 5) is 27.8. The molecule has 10 heteroatoms. The van der Waals surface area contributed by atoms with Gasteiger partial charge in [0.05, 0.1) is 34.5 Å². The number of hydrogen-bond donors (Lipinski definition) is 2. The number of dihydropyridines is 1. The Kier molecular flexibility index (Phi) is 6.88. The Hall–Kier alpha value is -4.02. The number of likely N-dealkylation sites (N-methyl/N-ethyl adjacent to an activating group) is 2. The van der Waals surface area contributed by atoms with Gasteiger partial charge in [-0.2, -0.15) is 0 Å². The molecule has 2 unspecified atom stereocenters. The maximum atomic E-state index is 5.06. The second-order valence-electron chi connectivity index (χ2n) is 10.3. The molecular weight excluding hydrogens is 488 g/mol. The van der Waals surface area contributed by atoms with Crippen LogP contribution in [0.5, 0.6) is 0 Å². The summed E-state index contributed by atoms with van der Waals surface area (Å²) in [6, 6.07) is 12.6. The van der Waals surface area contributed by atoms with Gasteiger partial charge in [0.15, 0.2) is 17.5 Å². The van der Waals surface area contributed by atoms with E-state index in [1.165, 1.54) is 0 Å². The van der Waals surface area contributed by atoms with Gasteiger partial charge < -0.3 is 30.2 Å². The fourth-order valence-corrected chi connectivity index (χ4v) is 5.56. The molecule has 3 aromatic heterocycles. The van der Waals surface area contributed by atoms with E-state index in [4.69, 9.17) is 9.98 Å². The molecule has 10 nitrogen and oxygen atoms in total. The molecule has 0 fully saturated rings. The summed E-state index contributed by atoms with van der Waals surface area (Å²) in [7, 11) is 8.29. The van der Waals surface area contributed by atoms with E-state index in [2.05, 4.69) is 97.8 Å². The van der Waals surface area contributed by atoms with Crippen LogP contribution in [-0.2, 0) is 6.54 Å². The molecule has 0 spiro atoms. The zero-order valence-corrected chi connectivity index (χ0v) is 23.0. The van der Waals surface area contributed by atoms with Crippen molar-refractivity contribution in [3.8, 4) is 0 Å². The average molecular weight is 525 g/mol. The molecule has 0 radical (unpaired) electrons. The van der Waals surface area contributed by atoms with E-state index in [1.54, 1.807) is 0 Å². The van der Waals surface area contributed by atoms with Crippen LogP contribution in [0.15, 0.2) is 65.9 Å². The van der Waals surface area contributed by atoms with E-state index in [1.807, 2.05) is 31.6 Å². The van der Waals surface area contributed by atoms with Gasteiger partial charge in [0, 0.05) is 53.7 Å². The number of nitrogens with one attached hydrogen (secondary N) is 2. The number of hydrogen-bond acceptors (Lipinski definition) is 10. The number of pyridine rings is 3. The molecule has 0 amide bonds. The van der Waals surface area contributed by atoms with Crippen molar-refractivity contribution in [3.05, 3.63) is 66.6 Å². The van der Waals surface area contributed by atoms with Gasteiger partial charge in [0.2, 0.25) is 0 Å². The van der Waals surface area contributed by atoms with E-state index in [0.29, 0.717) is 0 Å². The lowest BCUT2D eigenvalue weighted by molar-refractivity contribution is 0.537. The van der Waals surface area contributed by atoms with Gasteiger partial charge in [-0.1, -0.05) is 6.08 Å². The van der Waals surface area contributed by atoms with Crippen molar-refractivity contribution in [1.82, 2.24) is 25.6 Å². The number of anilines is 6. The Morgan fingerprint density at radius 1 is 0.744 bits per heavy atom. The molecule has 6 rings (SSSR count).